The Morgan fingerprint density at radius 3 is 2.39 bits per heavy atom. The number of hydrogen-bond acceptors (Lipinski definition) is 8. The third-order valence-corrected chi connectivity index (χ3v) is 3.27. The summed E-state index contributed by atoms with van der Waals surface area (Å²) >= 11 is 0. The minimum Gasteiger partial charge on any atom is -0.726 e. The Morgan fingerprint density at radius 2 is 1.89 bits per heavy atom. The predicted molar refractivity (Wildman–Crippen MR) is 55.6 cm³/mol. The zero-order valence-electron chi connectivity index (χ0n) is 9.38. The molecule has 0 aromatic rings. The summed E-state index contributed by atoms with van der Waals surface area (Å²) in [6.45, 7) is 0.901. The Balaban J connectivity index is 2.42. The van der Waals surface area contributed by atoms with E-state index in [1.54, 1.807) is 6.92 Å². The molecule has 0 aromatic heterocycles. The Kier molecular flexibility index (Phi) is 5.05. The molecule has 18 heavy (non-hydrogen) atoms. The summed E-state index contributed by atoms with van der Waals surface area (Å²) in [5.74, 6) is -0.137. The van der Waals surface area contributed by atoms with Crippen LogP contribution in [0, 0.1) is 5.92 Å². The molecular weight excluding hydrogens is 292 g/mol. The standard InChI is InChI=1S/C7H14O9S2/c1-5-2-6(3-14-17(8,9)10)16-7(5)4-15-18(11,12)13/h5-7H,2-4H2,1H3,(H,8,9,10)(H,11,12,13)/p-1. The molecule has 1 aliphatic rings. The molecule has 1 fully saturated rings. The van der Waals surface area contributed by atoms with Crippen LogP contribution in [-0.4, -0.2) is 51.4 Å². The average molecular weight is 305 g/mol. The van der Waals surface area contributed by atoms with Crippen molar-refractivity contribution in [1.29, 1.82) is 0 Å². The minimum absolute atomic E-state index is 0.137. The molecule has 1 N–H and O–H groups in total. The van der Waals surface area contributed by atoms with Gasteiger partial charge in [0.2, 0.25) is 10.4 Å². The van der Waals surface area contributed by atoms with E-state index in [1.165, 1.54) is 0 Å². The van der Waals surface area contributed by atoms with Gasteiger partial charge in [-0.3, -0.25) is 8.74 Å². The fourth-order valence-electron chi connectivity index (χ4n) is 1.63. The second kappa shape index (κ2) is 5.77. The van der Waals surface area contributed by atoms with Crippen molar-refractivity contribution in [1.82, 2.24) is 0 Å². The van der Waals surface area contributed by atoms with Gasteiger partial charge >= 0.3 is 10.4 Å². The summed E-state index contributed by atoms with van der Waals surface area (Å²) in [6.07, 6.45) is -0.878. The lowest BCUT2D eigenvalue weighted by molar-refractivity contribution is -0.0111. The van der Waals surface area contributed by atoms with E-state index in [-0.39, 0.29) is 12.5 Å². The van der Waals surface area contributed by atoms with E-state index in [1.807, 2.05) is 0 Å². The highest BCUT2D eigenvalue weighted by Crippen LogP contribution is 2.27. The van der Waals surface area contributed by atoms with Gasteiger partial charge in [-0.1, -0.05) is 6.92 Å². The molecule has 3 unspecified atom stereocenters. The molecule has 0 saturated carbocycles. The molecule has 0 spiro atoms. The molecule has 1 aliphatic heterocycles. The maximum absolute atomic E-state index is 10.3. The molecule has 9 nitrogen and oxygen atoms in total. The first-order valence-corrected chi connectivity index (χ1v) is 7.64. The molecule has 1 rings (SSSR count). The summed E-state index contributed by atoms with van der Waals surface area (Å²) in [5, 5.41) is 0. The van der Waals surface area contributed by atoms with Crippen molar-refractivity contribution in [2.75, 3.05) is 13.2 Å². The van der Waals surface area contributed by atoms with E-state index < -0.39 is 39.6 Å². The van der Waals surface area contributed by atoms with Gasteiger partial charge in [-0.05, 0) is 12.3 Å². The van der Waals surface area contributed by atoms with Crippen LogP contribution < -0.4 is 0 Å². The SMILES string of the molecule is CC1CC(COS(=O)(=O)O)OC1COS(=O)(=O)[O-]. The second-order valence-corrected chi connectivity index (χ2v) is 6.06. The first-order valence-electron chi connectivity index (χ1n) is 4.94. The van der Waals surface area contributed by atoms with Gasteiger partial charge in [0, 0.05) is 0 Å². The van der Waals surface area contributed by atoms with Crippen LogP contribution in [0.25, 0.3) is 0 Å². The van der Waals surface area contributed by atoms with Crippen molar-refractivity contribution in [2.24, 2.45) is 5.92 Å². The fraction of sp³-hybridized carbons (Fsp3) is 1.00. The highest BCUT2D eigenvalue weighted by Gasteiger charge is 2.33. The van der Waals surface area contributed by atoms with Crippen molar-refractivity contribution in [3.8, 4) is 0 Å². The predicted octanol–water partition coefficient (Wildman–Crippen LogP) is -0.924. The fourth-order valence-corrected chi connectivity index (χ4v) is 2.25. The lowest BCUT2D eigenvalue weighted by Crippen LogP contribution is -2.24. The quantitative estimate of drug-likeness (QED) is 0.487. The summed E-state index contributed by atoms with van der Waals surface area (Å²) < 4.78 is 73.3. The Bertz CT molecular complexity index is 467. The molecule has 1 heterocycles. The van der Waals surface area contributed by atoms with Crippen molar-refractivity contribution >= 4 is 20.8 Å². The summed E-state index contributed by atoms with van der Waals surface area (Å²) in [6, 6.07) is 0. The first kappa shape index (κ1) is 15.8. The smallest absolute Gasteiger partial charge is 0.397 e. The van der Waals surface area contributed by atoms with Crippen molar-refractivity contribution in [2.45, 2.75) is 25.6 Å². The normalized spacial score (nSPS) is 29.6. The maximum atomic E-state index is 10.3. The van der Waals surface area contributed by atoms with Gasteiger partial charge in [0.05, 0.1) is 25.4 Å². The van der Waals surface area contributed by atoms with Crippen LogP contribution in [0.4, 0.5) is 0 Å². The Labute approximate surface area is 105 Å². The van der Waals surface area contributed by atoms with Gasteiger partial charge < -0.3 is 9.29 Å². The van der Waals surface area contributed by atoms with Gasteiger partial charge in [0.25, 0.3) is 0 Å². The molecule has 0 aromatic carbocycles. The number of ether oxygens (including phenoxy) is 1. The topological polar surface area (TPSA) is 139 Å². The molecular formula is C7H13O9S2-. The zero-order valence-corrected chi connectivity index (χ0v) is 11.0. The number of rotatable bonds is 6. The van der Waals surface area contributed by atoms with Crippen LogP contribution in [0.15, 0.2) is 0 Å². The van der Waals surface area contributed by atoms with Gasteiger partial charge in [0.15, 0.2) is 0 Å². The highest BCUT2D eigenvalue weighted by molar-refractivity contribution is 7.81. The molecule has 0 bridgehead atoms. The second-order valence-electron chi connectivity index (χ2n) is 3.91. The van der Waals surface area contributed by atoms with Gasteiger partial charge in [-0.2, -0.15) is 8.42 Å². The molecule has 0 radical (unpaired) electrons. The summed E-state index contributed by atoms with van der Waals surface area (Å²) in [4.78, 5) is 0. The van der Waals surface area contributed by atoms with E-state index in [0.717, 1.165) is 0 Å². The van der Waals surface area contributed by atoms with Crippen LogP contribution in [-0.2, 0) is 33.9 Å². The molecule has 108 valence electrons. The average Bonchev–Trinajstić information content (AvgIpc) is 2.51. The van der Waals surface area contributed by atoms with Crippen molar-refractivity contribution in [3.63, 3.8) is 0 Å². The summed E-state index contributed by atoms with van der Waals surface area (Å²) in [5.41, 5.74) is 0. The van der Waals surface area contributed by atoms with Crippen molar-refractivity contribution in [3.05, 3.63) is 0 Å². The first-order chi connectivity index (χ1) is 8.07. The van der Waals surface area contributed by atoms with Crippen LogP contribution in [0.1, 0.15) is 13.3 Å². The van der Waals surface area contributed by atoms with Crippen molar-refractivity contribution < 1.29 is 39.0 Å². The van der Waals surface area contributed by atoms with Crippen LogP contribution >= 0.6 is 0 Å². The lowest BCUT2D eigenvalue weighted by atomic mass is 10.0. The molecule has 3 atom stereocenters. The third-order valence-electron chi connectivity index (χ3n) is 2.42. The third kappa shape index (κ3) is 6.04. The van der Waals surface area contributed by atoms with Gasteiger partial charge in [0.1, 0.15) is 0 Å². The van der Waals surface area contributed by atoms with E-state index >= 15 is 0 Å². The minimum atomic E-state index is -4.79. The van der Waals surface area contributed by atoms with Crippen LogP contribution in [0.5, 0.6) is 0 Å². The Hall–Kier alpha value is -0.300. The molecule has 1 saturated heterocycles. The molecule has 0 aliphatic carbocycles. The maximum Gasteiger partial charge on any atom is 0.397 e. The van der Waals surface area contributed by atoms with Crippen LogP contribution in [0.3, 0.4) is 0 Å². The molecule has 11 heteroatoms. The van der Waals surface area contributed by atoms with E-state index in [2.05, 4.69) is 8.37 Å². The van der Waals surface area contributed by atoms with Gasteiger partial charge in [-0.25, -0.2) is 12.6 Å². The van der Waals surface area contributed by atoms with Crippen LogP contribution in [0.2, 0.25) is 0 Å². The largest absolute Gasteiger partial charge is 0.726 e. The van der Waals surface area contributed by atoms with E-state index in [9.17, 15) is 21.4 Å². The van der Waals surface area contributed by atoms with Gasteiger partial charge in [-0.15, -0.1) is 0 Å². The van der Waals surface area contributed by atoms with E-state index in [0.29, 0.717) is 6.42 Å². The summed E-state index contributed by atoms with van der Waals surface area (Å²) in [7, 11) is -9.32. The highest BCUT2D eigenvalue weighted by atomic mass is 32.3. The monoisotopic (exact) mass is 305 g/mol. The Morgan fingerprint density at radius 1 is 1.28 bits per heavy atom. The van der Waals surface area contributed by atoms with E-state index in [4.69, 9.17) is 9.29 Å². The zero-order chi connectivity index (χ0) is 14.0. The molecule has 0 amide bonds. The number of hydrogen-bond donors (Lipinski definition) is 1. The lowest BCUT2D eigenvalue weighted by Gasteiger charge is -2.16.